The second-order valence-electron chi connectivity index (χ2n) is 6.35. The third-order valence-electron chi connectivity index (χ3n) is 4.50. The highest BCUT2D eigenvalue weighted by Crippen LogP contribution is 2.32. The van der Waals surface area contributed by atoms with Gasteiger partial charge in [-0.15, -0.1) is 0 Å². The molecule has 23 heavy (non-hydrogen) atoms. The van der Waals surface area contributed by atoms with E-state index in [2.05, 4.69) is 15.3 Å². The van der Waals surface area contributed by atoms with Crippen LogP contribution in [0.4, 0.5) is 0 Å². The van der Waals surface area contributed by atoms with Crippen molar-refractivity contribution in [1.29, 1.82) is 0 Å². The Hall–Kier alpha value is -1.14. The molecule has 0 spiro atoms. The summed E-state index contributed by atoms with van der Waals surface area (Å²) in [4.78, 5) is 20.9. The number of carbonyl (C=O) groups excluding carboxylic acids is 1. The van der Waals surface area contributed by atoms with Crippen LogP contribution in [-0.2, 0) is 16.0 Å². The standard InChI is InChI=1S/C17H25N3O2S/c21-16(14-4-3-9-22-12-14)18-8-7-13-10-19-17(20-11-13)23-15-5-1-2-6-15/h10-11,14-15H,1-9,12H2,(H,18,21)/t14-/m0/s1. The van der Waals surface area contributed by atoms with Crippen LogP contribution in [0.5, 0.6) is 0 Å². The van der Waals surface area contributed by atoms with Crippen LogP contribution in [0.3, 0.4) is 0 Å². The molecule has 1 atom stereocenters. The van der Waals surface area contributed by atoms with Crippen LogP contribution in [0, 0.1) is 5.92 Å². The number of thioether (sulfide) groups is 1. The van der Waals surface area contributed by atoms with E-state index in [1.54, 1.807) is 11.8 Å². The van der Waals surface area contributed by atoms with Crippen LogP contribution >= 0.6 is 11.8 Å². The molecule has 0 unspecified atom stereocenters. The molecule has 1 saturated heterocycles. The van der Waals surface area contributed by atoms with Gasteiger partial charge in [0, 0.05) is 30.8 Å². The SMILES string of the molecule is O=C(NCCc1cnc(SC2CCCC2)nc1)[C@H]1CCCOC1. The van der Waals surface area contributed by atoms with E-state index >= 15 is 0 Å². The van der Waals surface area contributed by atoms with Crippen molar-refractivity contribution in [1.82, 2.24) is 15.3 Å². The first-order valence-electron chi connectivity index (χ1n) is 8.64. The second-order valence-corrected chi connectivity index (χ2v) is 7.62. The lowest BCUT2D eigenvalue weighted by molar-refractivity contribution is -0.128. The first-order valence-corrected chi connectivity index (χ1v) is 9.52. The Morgan fingerprint density at radius 3 is 2.70 bits per heavy atom. The minimum atomic E-state index is 0.0187. The minimum Gasteiger partial charge on any atom is -0.381 e. The molecule has 1 saturated carbocycles. The fraction of sp³-hybridized carbons (Fsp3) is 0.706. The lowest BCUT2D eigenvalue weighted by Crippen LogP contribution is -2.36. The molecule has 1 N–H and O–H groups in total. The topological polar surface area (TPSA) is 64.1 Å². The van der Waals surface area contributed by atoms with Gasteiger partial charge in [0.2, 0.25) is 5.91 Å². The number of hydrogen-bond donors (Lipinski definition) is 1. The lowest BCUT2D eigenvalue weighted by atomic mass is 10.0. The molecule has 0 bridgehead atoms. The highest BCUT2D eigenvalue weighted by Gasteiger charge is 2.21. The van der Waals surface area contributed by atoms with Gasteiger partial charge in [0.1, 0.15) is 0 Å². The molecule has 6 heteroatoms. The number of amides is 1. The summed E-state index contributed by atoms with van der Waals surface area (Å²) in [5, 5.41) is 4.57. The Morgan fingerprint density at radius 2 is 2.00 bits per heavy atom. The lowest BCUT2D eigenvalue weighted by Gasteiger charge is -2.21. The third-order valence-corrected chi connectivity index (χ3v) is 5.73. The van der Waals surface area contributed by atoms with Gasteiger partial charge in [-0.2, -0.15) is 0 Å². The zero-order chi connectivity index (χ0) is 15.9. The van der Waals surface area contributed by atoms with Crippen LogP contribution in [0.25, 0.3) is 0 Å². The Kier molecular flexibility index (Phi) is 6.28. The van der Waals surface area contributed by atoms with Gasteiger partial charge >= 0.3 is 0 Å². The van der Waals surface area contributed by atoms with E-state index in [1.807, 2.05) is 12.4 Å². The highest BCUT2D eigenvalue weighted by atomic mass is 32.2. The first-order chi connectivity index (χ1) is 11.3. The van der Waals surface area contributed by atoms with Crippen molar-refractivity contribution in [2.45, 2.75) is 55.4 Å². The van der Waals surface area contributed by atoms with Crippen LogP contribution in [-0.4, -0.2) is 40.9 Å². The monoisotopic (exact) mass is 335 g/mol. The smallest absolute Gasteiger partial charge is 0.225 e. The van der Waals surface area contributed by atoms with E-state index in [0.717, 1.165) is 36.6 Å². The van der Waals surface area contributed by atoms with Crippen molar-refractivity contribution in [2.75, 3.05) is 19.8 Å². The van der Waals surface area contributed by atoms with Crippen LogP contribution in [0.2, 0.25) is 0 Å². The molecule has 2 fully saturated rings. The zero-order valence-corrected chi connectivity index (χ0v) is 14.3. The Morgan fingerprint density at radius 1 is 1.22 bits per heavy atom. The van der Waals surface area contributed by atoms with E-state index in [0.29, 0.717) is 18.4 Å². The maximum absolute atomic E-state index is 12.0. The third kappa shape index (κ3) is 5.18. The van der Waals surface area contributed by atoms with Gasteiger partial charge in [0.15, 0.2) is 5.16 Å². The molecule has 0 aromatic carbocycles. The Labute approximate surface area is 142 Å². The summed E-state index contributed by atoms with van der Waals surface area (Å²) < 4.78 is 5.35. The van der Waals surface area contributed by atoms with E-state index in [1.165, 1.54) is 25.7 Å². The minimum absolute atomic E-state index is 0.0187. The van der Waals surface area contributed by atoms with Crippen molar-refractivity contribution in [3.8, 4) is 0 Å². The van der Waals surface area contributed by atoms with Gasteiger partial charge in [-0.1, -0.05) is 24.6 Å². The summed E-state index contributed by atoms with van der Waals surface area (Å²) in [7, 11) is 0. The highest BCUT2D eigenvalue weighted by molar-refractivity contribution is 7.99. The first kappa shape index (κ1) is 16.7. The molecule has 2 heterocycles. The fourth-order valence-corrected chi connectivity index (χ4v) is 4.20. The number of rotatable bonds is 6. The molecule has 5 nitrogen and oxygen atoms in total. The summed E-state index contributed by atoms with van der Waals surface area (Å²) in [6.45, 7) is 1.97. The summed E-state index contributed by atoms with van der Waals surface area (Å²) >= 11 is 1.80. The number of nitrogens with one attached hydrogen (secondary N) is 1. The predicted octanol–water partition coefficient (Wildman–Crippen LogP) is 2.60. The maximum atomic E-state index is 12.0. The van der Waals surface area contributed by atoms with Crippen molar-refractivity contribution >= 4 is 17.7 Å². The van der Waals surface area contributed by atoms with Gasteiger partial charge in [-0.3, -0.25) is 4.79 Å². The van der Waals surface area contributed by atoms with Gasteiger partial charge in [0.25, 0.3) is 0 Å². The molecule has 1 amide bonds. The quantitative estimate of drug-likeness (QED) is 0.810. The normalized spacial score (nSPS) is 22.2. The number of aromatic nitrogens is 2. The molecule has 3 rings (SSSR count). The van der Waals surface area contributed by atoms with Crippen molar-refractivity contribution in [3.63, 3.8) is 0 Å². The zero-order valence-electron chi connectivity index (χ0n) is 13.5. The maximum Gasteiger partial charge on any atom is 0.225 e. The summed E-state index contributed by atoms with van der Waals surface area (Å²) in [5.41, 5.74) is 1.07. The number of carbonyl (C=O) groups is 1. The van der Waals surface area contributed by atoms with Gasteiger partial charge < -0.3 is 10.1 Å². The second kappa shape index (κ2) is 8.64. The van der Waals surface area contributed by atoms with E-state index in [-0.39, 0.29) is 11.8 Å². The molecule has 0 radical (unpaired) electrons. The van der Waals surface area contributed by atoms with Crippen molar-refractivity contribution < 1.29 is 9.53 Å². The Bertz CT molecular complexity index is 497. The molecule has 1 aromatic rings. The molecule has 1 aromatic heterocycles. The van der Waals surface area contributed by atoms with Gasteiger partial charge in [-0.05, 0) is 37.7 Å². The Balaban J connectivity index is 1.38. The predicted molar refractivity (Wildman–Crippen MR) is 90.4 cm³/mol. The number of hydrogen-bond acceptors (Lipinski definition) is 5. The van der Waals surface area contributed by atoms with Gasteiger partial charge in [0.05, 0.1) is 12.5 Å². The molecule has 1 aliphatic heterocycles. The fourth-order valence-electron chi connectivity index (χ4n) is 3.11. The van der Waals surface area contributed by atoms with Crippen LogP contribution < -0.4 is 5.32 Å². The van der Waals surface area contributed by atoms with Crippen LogP contribution in [0.15, 0.2) is 17.6 Å². The van der Waals surface area contributed by atoms with Crippen LogP contribution in [0.1, 0.15) is 44.1 Å². The summed E-state index contributed by atoms with van der Waals surface area (Å²) in [6.07, 6.45) is 11.7. The van der Waals surface area contributed by atoms with Crippen molar-refractivity contribution in [3.05, 3.63) is 18.0 Å². The molecule has 126 valence electrons. The van der Waals surface area contributed by atoms with Gasteiger partial charge in [-0.25, -0.2) is 9.97 Å². The van der Waals surface area contributed by atoms with E-state index in [9.17, 15) is 4.79 Å². The molecular formula is C17H25N3O2S. The number of nitrogens with zero attached hydrogens (tertiary/aromatic N) is 2. The van der Waals surface area contributed by atoms with E-state index in [4.69, 9.17) is 4.74 Å². The molecule has 2 aliphatic rings. The molecular weight excluding hydrogens is 310 g/mol. The van der Waals surface area contributed by atoms with Crippen molar-refractivity contribution in [2.24, 2.45) is 5.92 Å². The molecule has 1 aliphatic carbocycles. The number of ether oxygens (including phenoxy) is 1. The average Bonchev–Trinajstić information content (AvgIpc) is 3.10. The summed E-state index contributed by atoms with van der Waals surface area (Å²) in [5.74, 6) is 0.129. The average molecular weight is 335 g/mol. The van der Waals surface area contributed by atoms with E-state index < -0.39 is 0 Å². The largest absolute Gasteiger partial charge is 0.381 e. The summed E-state index contributed by atoms with van der Waals surface area (Å²) in [6, 6.07) is 0.